The third-order valence-corrected chi connectivity index (χ3v) is 3.71. The van der Waals surface area contributed by atoms with E-state index in [2.05, 4.69) is 9.44 Å². The minimum absolute atomic E-state index is 0.0207. The molecule has 0 amide bonds. The van der Waals surface area contributed by atoms with Gasteiger partial charge in [-0.2, -0.15) is 17.9 Å². The summed E-state index contributed by atoms with van der Waals surface area (Å²) in [6, 6.07) is -0.139. The van der Waals surface area contributed by atoms with Crippen molar-refractivity contribution in [3.05, 3.63) is 0 Å². The summed E-state index contributed by atoms with van der Waals surface area (Å²) in [5.41, 5.74) is 0. The molecular formula is C8H18N2O3S. The Labute approximate surface area is 85.1 Å². The highest BCUT2D eigenvalue weighted by atomic mass is 32.2. The largest absolute Gasteiger partial charge is 0.396 e. The molecule has 2 unspecified atom stereocenters. The summed E-state index contributed by atoms with van der Waals surface area (Å²) >= 11 is 0. The van der Waals surface area contributed by atoms with E-state index in [1.165, 1.54) is 0 Å². The number of rotatable bonds is 6. The van der Waals surface area contributed by atoms with Crippen LogP contribution in [-0.4, -0.2) is 32.2 Å². The molecular weight excluding hydrogens is 204 g/mol. The molecule has 0 heterocycles. The second kappa shape index (κ2) is 4.57. The first-order chi connectivity index (χ1) is 6.44. The summed E-state index contributed by atoms with van der Waals surface area (Å²) in [5.74, 6) is -0.0780. The van der Waals surface area contributed by atoms with Crippen LogP contribution in [0.5, 0.6) is 0 Å². The summed E-state index contributed by atoms with van der Waals surface area (Å²) in [6.07, 6.45) is 1.84. The summed E-state index contributed by atoms with van der Waals surface area (Å²) in [4.78, 5) is 0. The lowest BCUT2D eigenvalue weighted by Gasteiger charge is -2.19. The molecule has 0 aliphatic heterocycles. The summed E-state index contributed by atoms with van der Waals surface area (Å²) in [7, 11) is -3.38. The topological polar surface area (TPSA) is 78.4 Å². The third kappa shape index (κ3) is 3.91. The van der Waals surface area contributed by atoms with Crippen LogP contribution in [0.2, 0.25) is 0 Å². The van der Waals surface area contributed by atoms with Gasteiger partial charge in [0.15, 0.2) is 0 Å². The molecule has 0 aromatic rings. The molecule has 1 rings (SSSR count). The van der Waals surface area contributed by atoms with Crippen LogP contribution in [0.1, 0.15) is 26.7 Å². The fraction of sp³-hybridized carbons (Fsp3) is 1.00. The van der Waals surface area contributed by atoms with Crippen LogP contribution >= 0.6 is 0 Å². The zero-order chi connectivity index (χ0) is 10.8. The van der Waals surface area contributed by atoms with Gasteiger partial charge in [0.2, 0.25) is 0 Å². The average Bonchev–Trinajstić information content (AvgIpc) is 2.84. The smallest absolute Gasteiger partial charge is 0.277 e. The normalized spacial score (nSPS) is 21.9. The number of aliphatic hydroxyl groups is 1. The van der Waals surface area contributed by atoms with Crippen LogP contribution in [0.25, 0.3) is 0 Å². The van der Waals surface area contributed by atoms with Crippen molar-refractivity contribution in [1.29, 1.82) is 0 Å². The zero-order valence-corrected chi connectivity index (χ0v) is 9.34. The molecule has 5 nitrogen and oxygen atoms in total. The van der Waals surface area contributed by atoms with Crippen molar-refractivity contribution in [2.75, 3.05) is 6.61 Å². The van der Waals surface area contributed by atoms with Gasteiger partial charge in [-0.15, -0.1) is 0 Å². The van der Waals surface area contributed by atoms with Gasteiger partial charge in [-0.25, -0.2) is 0 Å². The Balaban J connectivity index is 2.40. The molecule has 1 saturated carbocycles. The van der Waals surface area contributed by atoms with E-state index in [0.29, 0.717) is 0 Å². The lowest BCUT2D eigenvalue weighted by atomic mass is 10.1. The maximum atomic E-state index is 11.4. The van der Waals surface area contributed by atoms with Crippen molar-refractivity contribution >= 4 is 10.2 Å². The van der Waals surface area contributed by atoms with Crippen molar-refractivity contribution in [2.45, 2.75) is 38.8 Å². The van der Waals surface area contributed by atoms with Gasteiger partial charge in [-0.1, -0.05) is 6.92 Å². The fourth-order valence-electron chi connectivity index (χ4n) is 0.974. The van der Waals surface area contributed by atoms with Gasteiger partial charge >= 0.3 is 0 Å². The van der Waals surface area contributed by atoms with Crippen molar-refractivity contribution in [3.63, 3.8) is 0 Å². The maximum Gasteiger partial charge on any atom is 0.277 e. The number of hydrogen-bond acceptors (Lipinski definition) is 3. The van der Waals surface area contributed by atoms with E-state index in [1.807, 2.05) is 0 Å². The highest BCUT2D eigenvalue weighted by Crippen LogP contribution is 2.19. The molecule has 2 atom stereocenters. The van der Waals surface area contributed by atoms with Gasteiger partial charge in [0.1, 0.15) is 0 Å². The summed E-state index contributed by atoms with van der Waals surface area (Å²) < 4.78 is 27.8. The van der Waals surface area contributed by atoms with E-state index in [0.717, 1.165) is 12.8 Å². The molecule has 0 spiro atoms. The van der Waals surface area contributed by atoms with Crippen molar-refractivity contribution < 1.29 is 13.5 Å². The minimum Gasteiger partial charge on any atom is -0.396 e. The van der Waals surface area contributed by atoms with Crippen LogP contribution in [0, 0.1) is 5.92 Å². The summed E-state index contributed by atoms with van der Waals surface area (Å²) in [5, 5.41) is 8.84. The quantitative estimate of drug-likeness (QED) is 0.571. The Morgan fingerprint density at radius 3 is 2.43 bits per heavy atom. The predicted octanol–water partition coefficient (Wildman–Crippen LogP) is -0.410. The number of hydrogen-bond donors (Lipinski definition) is 3. The second-order valence-corrected chi connectivity index (χ2v) is 5.44. The van der Waals surface area contributed by atoms with Gasteiger partial charge in [0.25, 0.3) is 10.2 Å². The van der Waals surface area contributed by atoms with Gasteiger partial charge in [0, 0.05) is 18.7 Å². The van der Waals surface area contributed by atoms with E-state index in [9.17, 15) is 8.42 Å². The minimum atomic E-state index is -3.38. The maximum absolute atomic E-state index is 11.4. The first-order valence-corrected chi connectivity index (χ1v) is 6.33. The first kappa shape index (κ1) is 11.9. The van der Waals surface area contributed by atoms with Crippen molar-refractivity contribution in [1.82, 2.24) is 9.44 Å². The predicted molar refractivity (Wildman–Crippen MR) is 53.9 cm³/mol. The van der Waals surface area contributed by atoms with E-state index in [4.69, 9.17) is 5.11 Å². The molecule has 0 bridgehead atoms. The lowest BCUT2D eigenvalue weighted by molar-refractivity contribution is 0.216. The average molecular weight is 222 g/mol. The zero-order valence-electron chi connectivity index (χ0n) is 8.53. The molecule has 6 heteroatoms. The molecule has 14 heavy (non-hydrogen) atoms. The van der Waals surface area contributed by atoms with Crippen LogP contribution in [0.4, 0.5) is 0 Å². The standard InChI is InChI=1S/C8H18N2O3S/c1-6(5-11)7(2)9-14(12,13)10-8-3-4-8/h6-11H,3-5H2,1-2H3. The Kier molecular flexibility index (Phi) is 3.88. The van der Waals surface area contributed by atoms with E-state index >= 15 is 0 Å². The van der Waals surface area contributed by atoms with Crippen LogP contribution < -0.4 is 9.44 Å². The Morgan fingerprint density at radius 1 is 1.43 bits per heavy atom. The molecule has 1 fully saturated rings. The second-order valence-electron chi connectivity index (χ2n) is 3.96. The van der Waals surface area contributed by atoms with E-state index < -0.39 is 10.2 Å². The Hall–Kier alpha value is -0.170. The molecule has 0 radical (unpaired) electrons. The number of nitrogens with one attached hydrogen (secondary N) is 2. The van der Waals surface area contributed by atoms with E-state index in [1.54, 1.807) is 13.8 Å². The molecule has 1 aliphatic rings. The molecule has 0 saturated heterocycles. The molecule has 84 valence electrons. The van der Waals surface area contributed by atoms with Gasteiger partial charge in [-0.3, -0.25) is 0 Å². The highest BCUT2D eigenvalue weighted by molar-refractivity contribution is 7.87. The summed E-state index contributed by atoms with van der Waals surface area (Å²) in [6.45, 7) is 3.52. The molecule has 3 N–H and O–H groups in total. The van der Waals surface area contributed by atoms with Crippen LogP contribution in [-0.2, 0) is 10.2 Å². The fourth-order valence-corrected chi connectivity index (χ4v) is 2.44. The van der Waals surface area contributed by atoms with Gasteiger partial charge < -0.3 is 5.11 Å². The Morgan fingerprint density at radius 2 is 2.00 bits per heavy atom. The third-order valence-electron chi connectivity index (χ3n) is 2.38. The first-order valence-electron chi connectivity index (χ1n) is 4.85. The molecule has 0 aromatic heterocycles. The molecule has 0 aromatic carbocycles. The highest BCUT2D eigenvalue weighted by Gasteiger charge is 2.28. The number of aliphatic hydroxyl groups excluding tert-OH is 1. The van der Waals surface area contributed by atoms with E-state index in [-0.39, 0.29) is 24.6 Å². The van der Waals surface area contributed by atoms with Crippen molar-refractivity contribution in [2.24, 2.45) is 5.92 Å². The SMILES string of the molecule is CC(CO)C(C)NS(=O)(=O)NC1CC1. The van der Waals surface area contributed by atoms with Crippen molar-refractivity contribution in [3.8, 4) is 0 Å². The monoisotopic (exact) mass is 222 g/mol. The van der Waals surface area contributed by atoms with Gasteiger partial charge in [-0.05, 0) is 25.7 Å². The van der Waals surface area contributed by atoms with Crippen LogP contribution in [0.15, 0.2) is 0 Å². The lowest BCUT2D eigenvalue weighted by Crippen LogP contribution is -2.45. The van der Waals surface area contributed by atoms with Crippen LogP contribution in [0.3, 0.4) is 0 Å². The Bertz CT molecular complexity index is 274. The molecule has 1 aliphatic carbocycles. The van der Waals surface area contributed by atoms with Gasteiger partial charge in [0.05, 0.1) is 0 Å².